The van der Waals surface area contributed by atoms with E-state index in [1.54, 1.807) is 41.7 Å². The molecule has 2 saturated carbocycles. The molecule has 5 aromatic rings. The first-order valence-corrected chi connectivity index (χ1v) is 23.6. The van der Waals surface area contributed by atoms with Gasteiger partial charge < -0.3 is 19.8 Å². The summed E-state index contributed by atoms with van der Waals surface area (Å²) in [5.41, 5.74) is 5.63. The molecule has 322 valence electrons. The summed E-state index contributed by atoms with van der Waals surface area (Å²) in [5, 5.41) is 16.0. The fourth-order valence-corrected chi connectivity index (χ4v) is 11.6. The van der Waals surface area contributed by atoms with Gasteiger partial charge in [-0.2, -0.15) is 0 Å². The summed E-state index contributed by atoms with van der Waals surface area (Å²) in [5.74, 6) is 2.05. The number of nitro benzene ring substituents is 1. The third kappa shape index (κ3) is 8.23. The van der Waals surface area contributed by atoms with Crippen molar-refractivity contribution in [2.45, 2.75) is 87.1 Å². The van der Waals surface area contributed by atoms with Gasteiger partial charge in [0.05, 0.1) is 21.6 Å². The molecular weight excluding hydrogens is 805 g/mol. The number of carbonyl (C=O) groups is 1. The standard InChI is InChI=1S/C48H52N6O7S/c55-48(52-62(58,59)38-15-17-43(44(26-38)54(56)57)50-27-30-19-22-60-23-20-30)42-16-12-33(25-45(42)61-37-24-34-18-21-49-47(34)51-28-37)31-10-13-36(14-11-31)53-29-35-4-3-7-40(35)46(53)41-6-2-1-5-39(41)32-8-9-32/h1-2,5-6,10,12,15-18,21,24-26,28,30,32,35-36,40,46,50H,3-4,7-9,11,13-14,19-20,22-23,27,29H2,(H,49,51)(H,52,55). The molecule has 4 unspecified atom stereocenters. The van der Waals surface area contributed by atoms with E-state index in [1.807, 2.05) is 12.1 Å². The van der Waals surface area contributed by atoms with Gasteiger partial charge in [-0.05, 0) is 140 Å². The average Bonchev–Trinajstić information content (AvgIpc) is 3.66. The van der Waals surface area contributed by atoms with E-state index in [4.69, 9.17) is 9.47 Å². The number of ether oxygens (including phenoxy) is 2. The number of sulfonamides is 1. The number of H-pyrrole nitrogens is 1. The molecule has 3 N–H and O–H groups in total. The summed E-state index contributed by atoms with van der Waals surface area (Å²) in [6, 6.07) is 22.6. The fourth-order valence-electron chi connectivity index (χ4n) is 10.6. The van der Waals surface area contributed by atoms with Crippen molar-refractivity contribution in [2.24, 2.45) is 17.8 Å². The van der Waals surface area contributed by atoms with E-state index in [1.165, 1.54) is 44.2 Å². The highest BCUT2D eigenvalue weighted by atomic mass is 32.2. The van der Waals surface area contributed by atoms with E-state index in [-0.39, 0.29) is 22.9 Å². The number of amides is 1. The maximum atomic E-state index is 14.0. The molecule has 0 spiro atoms. The molecule has 0 bridgehead atoms. The van der Waals surface area contributed by atoms with Crippen molar-refractivity contribution in [3.63, 3.8) is 0 Å². The maximum absolute atomic E-state index is 14.0. The summed E-state index contributed by atoms with van der Waals surface area (Å²) in [7, 11) is -4.54. The van der Waals surface area contributed by atoms with Crippen molar-refractivity contribution in [1.29, 1.82) is 0 Å². The van der Waals surface area contributed by atoms with Crippen LogP contribution in [-0.4, -0.2) is 66.5 Å². The smallest absolute Gasteiger partial charge is 0.293 e. The first kappa shape index (κ1) is 40.5. The Morgan fingerprint density at radius 3 is 2.60 bits per heavy atom. The number of fused-ring (bicyclic) bond motifs is 2. The second kappa shape index (κ2) is 16.9. The van der Waals surface area contributed by atoms with Crippen LogP contribution in [0.15, 0.2) is 96.2 Å². The largest absolute Gasteiger partial charge is 0.455 e. The summed E-state index contributed by atoms with van der Waals surface area (Å²) in [6.07, 6.45) is 16.6. The summed E-state index contributed by atoms with van der Waals surface area (Å²) in [6.45, 7) is 2.91. The molecular formula is C48H52N6O7S. The first-order valence-electron chi connectivity index (χ1n) is 22.1. The number of nitrogens with one attached hydrogen (secondary N) is 3. The van der Waals surface area contributed by atoms with Crippen LogP contribution in [0, 0.1) is 27.9 Å². The van der Waals surface area contributed by atoms with Crippen LogP contribution >= 0.6 is 0 Å². The molecule has 14 heteroatoms. The predicted octanol–water partition coefficient (Wildman–Crippen LogP) is 9.51. The lowest BCUT2D eigenvalue weighted by Crippen LogP contribution is -2.37. The number of benzene rings is 3. The molecule has 10 rings (SSSR count). The molecule has 3 aliphatic carbocycles. The highest BCUT2D eigenvalue weighted by Gasteiger charge is 2.48. The van der Waals surface area contributed by atoms with Gasteiger partial charge in [0, 0.05) is 56.0 Å². The number of carbonyl (C=O) groups excluding carboxylic acids is 1. The van der Waals surface area contributed by atoms with Crippen LogP contribution in [0.2, 0.25) is 0 Å². The van der Waals surface area contributed by atoms with Gasteiger partial charge in [0.15, 0.2) is 0 Å². The van der Waals surface area contributed by atoms with Crippen LogP contribution in [-0.2, 0) is 14.8 Å². The van der Waals surface area contributed by atoms with Gasteiger partial charge in [-0.15, -0.1) is 0 Å². The lowest BCUT2D eigenvalue weighted by Gasteiger charge is -2.38. The van der Waals surface area contributed by atoms with Crippen LogP contribution in [0.25, 0.3) is 16.6 Å². The number of aromatic amines is 1. The van der Waals surface area contributed by atoms with Crippen LogP contribution in [0.3, 0.4) is 0 Å². The van der Waals surface area contributed by atoms with Crippen molar-refractivity contribution in [3.8, 4) is 11.5 Å². The van der Waals surface area contributed by atoms with E-state index in [0.717, 1.165) is 67.2 Å². The minimum Gasteiger partial charge on any atom is -0.455 e. The van der Waals surface area contributed by atoms with Crippen LogP contribution in [0.4, 0.5) is 11.4 Å². The molecule has 2 saturated heterocycles. The minimum absolute atomic E-state index is 0.00852. The van der Waals surface area contributed by atoms with E-state index in [2.05, 4.69) is 55.2 Å². The Labute approximate surface area is 361 Å². The Hall–Kier alpha value is -5.57. The molecule has 4 fully saturated rings. The highest BCUT2D eigenvalue weighted by molar-refractivity contribution is 7.90. The van der Waals surface area contributed by atoms with Crippen molar-refractivity contribution in [3.05, 3.63) is 124 Å². The number of nitro groups is 1. The summed E-state index contributed by atoms with van der Waals surface area (Å²) >= 11 is 0. The molecule has 2 aliphatic heterocycles. The van der Waals surface area contributed by atoms with Gasteiger partial charge in [0.25, 0.3) is 21.6 Å². The zero-order valence-electron chi connectivity index (χ0n) is 34.6. The molecule has 4 heterocycles. The number of likely N-dealkylation sites (tertiary alicyclic amines) is 1. The topological polar surface area (TPSA) is 169 Å². The van der Waals surface area contributed by atoms with Gasteiger partial charge in [0.2, 0.25) is 0 Å². The Morgan fingerprint density at radius 2 is 1.81 bits per heavy atom. The Bertz CT molecular complexity index is 2650. The number of nitrogens with zero attached hydrogens (tertiary/aromatic N) is 3. The molecule has 2 aromatic heterocycles. The number of rotatable bonds is 13. The number of hydrogen-bond donors (Lipinski definition) is 3. The van der Waals surface area contributed by atoms with Crippen molar-refractivity contribution in [2.75, 3.05) is 31.6 Å². The summed E-state index contributed by atoms with van der Waals surface area (Å²) in [4.78, 5) is 35.4. The van der Waals surface area contributed by atoms with Gasteiger partial charge in [0.1, 0.15) is 22.8 Å². The number of allylic oxidation sites excluding steroid dienone is 1. The van der Waals surface area contributed by atoms with Crippen LogP contribution < -0.4 is 14.8 Å². The Morgan fingerprint density at radius 1 is 0.968 bits per heavy atom. The third-order valence-electron chi connectivity index (χ3n) is 13.9. The molecule has 62 heavy (non-hydrogen) atoms. The normalized spacial score (nSPS) is 23.2. The van der Waals surface area contributed by atoms with Crippen molar-refractivity contribution < 1.29 is 27.6 Å². The molecule has 0 radical (unpaired) electrons. The van der Waals surface area contributed by atoms with Gasteiger partial charge in [-0.1, -0.05) is 42.8 Å². The van der Waals surface area contributed by atoms with E-state index in [9.17, 15) is 23.3 Å². The van der Waals surface area contributed by atoms with E-state index in [0.29, 0.717) is 55.1 Å². The molecule has 1 amide bonds. The van der Waals surface area contributed by atoms with E-state index < -0.39 is 31.4 Å². The molecule has 5 aliphatic rings. The maximum Gasteiger partial charge on any atom is 0.293 e. The second-order valence-electron chi connectivity index (χ2n) is 17.8. The zero-order chi connectivity index (χ0) is 42.4. The average molecular weight is 857 g/mol. The number of pyridine rings is 1. The van der Waals surface area contributed by atoms with Crippen LogP contribution in [0.1, 0.15) is 103 Å². The SMILES string of the molecule is O=C(NS(=O)(=O)c1ccc(NCC2CCOCC2)c([N+](=O)[O-])c1)c1ccc(C2=CCC(N3CC4CCCC4C3c3ccccc3C3CC3)CC2)cc1Oc1cnc2[nH]ccc2c1. The number of hydrogen-bond acceptors (Lipinski definition) is 10. The first-order chi connectivity index (χ1) is 30.2. The Kier molecular flexibility index (Phi) is 11.1. The van der Waals surface area contributed by atoms with E-state index >= 15 is 0 Å². The minimum atomic E-state index is -4.54. The molecule has 4 atom stereocenters. The zero-order valence-corrected chi connectivity index (χ0v) is 35.4. The van der Waals surface area contributed by atoms with Crippen LogP contribution in [0.5, 0.6) is 11.5 Å². The monoisotopic (exact) mass is 856 g/mol. The van der Waals surface area contributed by atoms with Gasteiger partial charge in [-0.25, -0.2) is 18.1 Å². The summed E-state index contributed by atoms with van der Waals surface area (Å²) < 4.78 is 41.4. The quantitative estimate of drug-likeness (QED) is 0.0766. The second-order valence-corrected chi connectivity index (χ2v) is 19.4. The highest BCUT2D eigenvalue weighted by Crippen LogP contribution is 2.54. The fraction of sp³-hybridized carbons (Fsp3) is 0.417. The lowest BCUT2D eigenvalue weighted by atomic mass is 9.84. The predicted molar refractivity (Wildman–Crippen MR) is 237 cm³/mol. The van der Waals surface area contributed by atoms with Gasteiger partial charge in [-0.3, -0.25) is 19.8 Å². The number of aromatic nitrogens is 2. The number of anilines is 1. The lowest BCUT2D eigenvalue weighted by molar-refractivity contribution is -0.384. The Balaban J connectivity index is 0.903. The molecule has 13 nitrogen and oxygen atoms in total. The molecule has 3 aromatic carbocycles. The third-order valence-corrected chi connectivity index (χ3v) is 15.3. The van der Waals surface area contributed by atoms with Gasteiger partial charge >= 0.3 is 0 Å². The van der Waals surface area contributed by atoms with Crippen molar-refractivity contribution >= 4 is 43.9 Å². The van der Waals surface area contributed by atoms with Crippen molar-refractivity contribution in [1.82, 2.24) is 19.6 Å².